The van der Waals surface area contributed by atoms with Crippen molar-refractivity contribution in [2.75, 3.05) is 17.7 Å². The van der Waals surface area contributed by atoms with Crippen LogP contribution in [0.3, 0.4) is 0 Å². The molecule has 0 saturated heterocycles. The third kappa shape index (κ3) is 2.31. The molecule has 0 aliphatic heterocycles. The largest absolute Gasteiger partial charge is 0.399 e. The molecule has 4 N–H and O–H groups in total. The van der Waals surface area contributed by atoms with E-state index in [4.69, 9.17) is 5.73 Å². The van der Waals surface area contributed by atoms with E-state index in [1.165, 1.54) is 0 Å². The molecule has 1 aliphatic carbocycles. The molecule has 1 heterocycles. The molecule has 0 atom stereocenters. The number of aromatic nitrogens is 1. The summed E-state index contributed by atoms with van der Waals surface area (Å²) in [5, 5.41) is 14.4. The first kappa shape index (κ1) is 13.2. The number of aliphatic hydroxyl groups is 1. The van der Waals surface area contributed by atoms with E-state index in [-0.39, 0.29) is 12.1 Å². The summed E-state index contributed by atoms with van der Waals surface area (Å²) < 4.78 is 0. The summed E-state index contributed by atoms with van der Waals surface area (Å²) in [5.41, 5.74) is 9.37. The maximum absolute atomic E-state index is 9.77. The normalized spacial score (nSPS) is 17.5. The van der Waals surface area contributed by atoms with Gasteiger partial charge in [-0.1, -0.05) is 12.8 Å². The second-order valence-corrected chi connectivity index (χ2v) is 5.86. The molecule has 0 bridgehead atoms. The highest BCUT2D eigenvalue weighted by molar-refractivity contribution is 5.93. The van der Waals surface area contributed by atoms with Crippen molar-refractivity contribution < 1.29 is 5.11 Å². The van der Waals surface area contributed by atoms with Crippen LogP contribution in [0.2, 0.25) is 0 Å². The Labute approximate surface area is 119 Å². The molecule has 2 aromatic rings. The number of hydrogen-bond donors (Lipinski definition) is 3. The standard InChI is InChI=1S/C16H21N3O/c1-11-8-15(19-16(10-20)6-2-3-7-16)13-9-12(17)4-5-14(13)18-11/h4-5,8-9,20H,2-3,6-7,10,17H2,1H3,(H,18,19). The minimum Gasteiger partial charge on any atom is -0.399 e. The van der Waals surface area contributed by atoms with Gasteiger partial charge in [0.05, 0.1) is 17.7 Å². The molecule has 0 amide bonds. The smallest absolute Gasteiger partial charge is 0.0727 e. The molecule has 3 rings (SSSR count). The summed E-state index contributed by atoms with van der Waals surface area (Å²) >= 11 is 0. The Hall–Kier alpha value is -1.81. The molecule has 1 aromatic carbocycles. The van der Waals surface area contributed by atoms with Gasteiger partial charge in [0.2, 0.25) is 0 Å². The fourth-order valence-electron chi connectivity index (χ4n) is 3.14. The fourth-order valence-corrected chi connectivity index (χ4v) is 3.14. The SMILES string of the molecule is Cc1cc(NC2(CO)CCCC2)c2cc(N)ccc2n1. The number of rotatable bonds is 3. The Bertz CT molecular complexity index is 633. The van der Waals surface area contributed by atoms with Crippen LogP contribution in [0.15, 0.2) is 24.3 Å². The number of nitrogens with two attached hydrogens (primary N) is 1. The van der Waals surface area contributed by atoms with Gasteiger partial charge >= 0.3 is 0 Å². The lowest BCUT2D eigenvalue weighted by Crippen LogP contribution is -2.39. The predicted molar refractivity (Wildman–Crippen MR) is 82.8 cm³/mol. The molecule has 106 valence electrons. The molecule has 0 spiro atoms. The third-order valence-corrected chi connectivity index (χ3v) is 4.22. The number of nitrogens with one attached hydrogen (secondary N) is 1. The number of benzene rings is 1. The van der Waals surface area contributed by atoms with E-state index in [9.17, 15) is 5.11 Å². The van der Waals surface area contributed by atoms with Gasteiger partial charge in [-0.2, -0.15) is 0 Å². The van der Waals surface area contributed by atoms with Gasteiger partial charge in [-0.25, -0.2) is 0 Å². The molecule has 4 nitrogen and oxygen atoms in total. The summed E-state index contributed by atoms with van der Waals surface area (Å²) in [6, 6.07) is 7.81. The molecular formula is C16H21N3O. The van der Waals surface area contributed by atoms with Crippen LogP contribution in [0.4, 0.5) is 11.4 Å². The van der Waals surface area contributed by atoms with Crippen molar-refractivity contribution in [2.24, 2.45) is 0 Å². The molecular weight excluding hydrogens is 250 g/mol. The Morgan fingerprint density at radius 1 is 1.30 bits per heavy atom. The van der Waals surface area contributed by atoms with Gasteiger partial charge in [0.25, 0.3) is 0 Å². The van der Waals surface area contributed by atoms with Crippen molar-refractivity contribution in [3.63, 3.8) is 0 Å². The van der Waals surface area contributed by atoms with E-state index < -0.39 is 0 Å². The quantitative estimate of drug-likeness (QED) is 0.751. The summed E-state index contributed by atoms with van der Waals surface area (Å²) in [4.78, 5) is 4.54. The minimum absolute atomic E-state index is 0.165. The van der Waals surface area contributed by atoms with E-state index >= 15 is 0 Å². The van der Waals surface area contributed by atoms with Crippen LogP contribution in [-0.4, -0.2) is 22.2 Å². The lowest BCUT2D eigenvalue weighted by molar-refractivity contribution is 0.214. The highest BCUT2D eigenvalue weighted by Gasteiger charge is 2.33. The number of anilines is 2. The number of nitrogen functional groups attached to an aromatic ring is 1. The van der Waals surface area contributed by atoms with Crippen molar-refractivity contribution in [2.45, 2.75) is 38.1 Å². The molecule has 20 heavy (non-hydrogen) atoms. The Morgan fingerprint density at radius 2 is 2.05 bits per heavy atom. The van der Waals surface area contributed by atoms with Gasteiger partial charge in [-0.3, -0.25) is 4.98 Å². The second-order valence-electron chi connectivity index (χ2n) is 5.86. The van der Waals surface area contributed by atoms with E-state index in [2.05, 4.69) is 10.3 Å². The van der Waals surface area contributed by atoms with Gasteiger partial charge in [0.15, 0.2) is 0 Å². The summed E-state index contributed by atoms with van der Waals surface area (Å²) in [6.45, 7) is 2.15. The van der Waals surface area contributed by atoms with Gasteiger partial charge in [0.1, 0.15) is 0 Å². The fraction of sp³-hybridized carbons (Fsp3) is 0.438. The number of fused-ring (bicyclic) bond motifs is 1. The van der Waals surface area contributed by atoms with Crippen LogP contribution in [0.1, 0.15) is 31.4 Å². The second kappa shape index (κ2) is 4.94. The van der Waals surface area contributed by atoms with Crippen molar-refractivity contribution in [1.29, 1.82) is 0 Å². The number of hydrogen-bond acceptors (Lipinski definition) is 4. The molecule has 1 fully saturated rings. The predicted octanol–water partition coefficient (Wildman–Crippen LogP) is 2.84. The first-order valence-corrected chi connectivity index (χ1v) is 7.18. The average Bonchev–Trinajstić information content (AvgIpc) is 2.89. The summed E-state index contributed by atoms with van der Waals surface area (Å²) in [5.74, 6) is 0. The van der Waals surface area contributed by atoms with Crippen LogP contribution in [0.5, 0.6) is 0 Å². The van der Waals surface area contributed by atoms with E-state index in [0.29, 0.717) is 0 Å². The first-order chi connectivity index (χ1) is 9.62. The number of aliphatic hydroxyl groups excluding tert-OH is 1. The highest BCUT2D eigenvalue weighted by atomic mass is 16.3. The van der Waals surface area contributed by atoms with Gasteiger partial charge in [0, 0.05) is 22.5 Å². The zero-order chi connectivity index (χ0) is 14.2. The van der Waals surface area contributed by atoms with Crippen LogP contribution in [-0.2, 0) is 0 Å². The topological polar surface area (TPSA) is 71.2 Å². The molecule has 1 saturated carbocycles. The van der Waals surface area contributed by atoms with Crippen LogP contribution >= 0.6 is 0 Å². The van der Waals surface area contributed by atoms with E-state index in [1.807, 2.05) is 31.2 Å². The molecule has 0 radical (unpaired) electrons. The van der Waals surface area contributed by atoms with Crippen LogP contribution in [0, 0.1) is 6.92 Å². The van der Waals surface area contributed by atoms with Crippen molar-refractivity contribution >= 4 is 22.3 Å². The van der Waals surface area contributed by atoms with Gasteiger partial charge < -0.3 is 16.2 Å². The maximum Gasteiger partial charge on any atom is 0.0727 e. The molecule has 1 aliphatic rings. The highest BCUT2D eigenvalue weighted by Crippen LogP contribution is 2.35. The maximum atomic E-state index is 9.77. The zero-order valence-electron chi connectivity index (χ0n) is 11.8. The van der Waals surface area contributed by atoms with Crippen molar-refractivity contribution in [3.8, 4) is 0 Å². The lowest BCUT2D eigenvalue weighted by atomic mass is 9.97. The monoisotopic (exact) mass is 271 g/mol. The lowest BCUT2D eigenvalue weighted by Gasteiger charge is -2.30. The average molecular weight is 271 g/mol. The molecule has 1 aromatic heterocycles. The first-order valence-electron chi connectivity index (χ1n) is 7.18. The van der Waals surface area contributed by atoms with E-state index in [0.717, 1.165) is 53.7 Å². The zero-order valence-corrected chi connectivity index (χ0v) is 11.8. The van der Waals surface area contributed by atoms with Gasteiger partial charge in [-0.05, 0) is 44.0 Å². The number of pyridine rings is 1. The van der Waals surface area contributed by atoms with Crippen molar-refractivity contribution in [1.82, 2.24) is 4.98 Å². The van der Waals surface area contributed by atoms with Gasteiger partial charge in [-0.15, -0.1) is 0 Å². The van der Waals surface area contributed by atoms with Crippen LogP contribution in [0.25, 0.3) is 10.9 Å². The molecule has 4 heteroatoms. The minimum atomic E-state index is -0.189. The number of aryl methyl sites for hydroxylation is 1. The summed E-state index contributed by atoms with van der Waals surface area (Å²) in [6.07, 6.45) is 4.35. The third-order valence-electron chi connectivity index (χ3n) is 4.22. The van der Waals surface area contributed by atoms with Crippen molar-refractivity contribution in [3.05, 3.63) is 30.0 Å². The number of nitrogens with zero attached hydrogens (tertiary/aromatic N) is 1. The Morgan fingerprint density at radius 3 is 2.75 bits per heavy atom. The summed E-state index contributed by atoms with van der Waals surface area (Å²) in [7, 11) is 0. The molecule has 0 unspecified atom stereocenters. The Balaban J connectivity index is 2.08. The van der Waals surface area contributed by atoms with Crippen LogP contribution < -0.4 is 11.1 Å². The van der Waals surface area contributed by atoms with E-state index in [1.54, 1.807) is 0 Å². The Kier molecular flexibility index (Phi) is 3.26.